The largest absolute Gasteiger partial charge is 0.379 e. The second-order valence-corrected chi connectivity index (χ2v) is 9.92. The lowest BCUT2D eigenvalue weighted by atomic mass is 10.1. The summed E-state index contributed by atoms with van der Waals surface area (Å²) in [7, 11) is -3.59. The van der Waals surface area contributed by atoms with Crippen molar-refractivity contribution in [1.82, 2.24) is 14.1 Å². The van der Waals surface area contributed by atoms with Crippen molar-refractivity contribution < 1.29 is 17.9 Å². The van der Waals surface area contributed by atoms with Crippen LogP contribution in [0.4, 0.5) is 10.5 Å². The van der Waals surface area contributed by atoms with Crippen LogP contribution in [0.2, 0.25) is 0 Å². The van der Waals surface area contributed by atoms with Crippen LogP contribution in [0.15, 0.2) is 29.2 Å². The number of carbonyl (C=O) groups is 1. The van der Waals surface area contributed by atoms with E-state index in [9.17, 15) is 13.2 Å². The zero-order valence-electron chi connectivity index (χ0n) is 16.9. The first-order valence-electron chi connectivity index (χ1n) is 10.5. The molecule has 8 nitrogen and oxygen atoms in total. The van der Waals surface area contributed by atoms with Crippen molar-refractivity contribution >= 4 is 21.7 Å². The molecule has 0 saturated carbocycles. The third-order valence-electron chi connectivity index (χ3n) is 6.22. The van der Waals surface area contributed by atoms with Crippen molar-refractivity contribution in [2.45, 2.75) is 43.2 Å². The molecule has 2 atom stereocenters. The summed E-state index contributed by atoms with van der Waals surface area (Å²) in [5, 5.41) is 2.93. The number of amides is 2. The van der Waals surface area contributed by atoms with E-state index < -0.39 is 10.0 Å². The summed E-state index contributed by atoms with van der Waals surface area (Å²) in [6.45, 7) is 6.39. The third-order valence-corrected chi connectivity index (χ3v) is 8.11. The van der Waals surface area contributed by atoms with Gasteiger partial charge < -0.3 is 15.0 Å². The van der Waals surface area contributed by atoms with Gasteiger partial charge in [0, 0.05) is 44.0 Å². The van der Waals surface area contributed by atoms with Gasteiger partial charge in [-0.15, -0.1) is 0 Å². The number of carbonyl (C=O) groups excluding carboxylic acids is 1. The van der Waals surface area contributed by atoms with Crippen LogP contribution in [-0.2, 0) is 14.8 Å². The van der Waals surface area contributed by atoms with Gasteiger partial charge in [-0.2, -0.15) is 4.31 Å². The molecule has 160 valence electrons. The second kappa shape index (κ2) is 8.59. The maximum Gasteiger partial charge on any atom is 0.322 e. The summed E-state index contributed by atoms with van der Waals surface area (Å²) in [5.41, 5.74) is 0.507. The Morgan fingerprint density at radius 1 is 1.21 bits per heavy atom. The number of urea groups is 1. The first kappa shape index (κ1) is 20.6. The highest BCUT2D eigenvalue weighted by Crippen LogP contribution is 2.27. The molecule has 1 aromatic rings. The SMILES string of the molecule is CC[C@@H]1CN2CCC[C@H]2CN1C(=O)Nc1cccc(S(=O)(=O)N2CCOCC2)c1. The van der Waals surface area contributed by atoms with Crippen molar-refractivity contribution in [3.63, 3.8) is 0 Å². The van der Waals surface area contributed by atoms with E-state index in [2.05, 4.69) is 17.1 Å². The molecule has 3 aliphatic rings. The number of sulfonamides is 1. The number of nitrogens with zero attached hydrogens (tertiary/aromatic N) is 3. The highest BCUT2D eigenvalue weighted by atomic mass is 32.2. The van der Waals surface area contributed by atoms with Gasteiger partial charge in [0.15, 0.2) is 0 Å². The predicted molar refractivity (Wildman–Crippen MR) is 110 cm³/mol. The minimum absolute atomic E-state index is 0.149. The standard InChI is InChI=1S/C20H30N4O4S/c1-2-17-14-22-8-4-6-18(22)15-24(17)20(25)21-16-5-3-7-19(13-16)29(26,27)23-9-11-28-12-10-23/h3,5,7,13,17-18H,2,4,6,8-12,14-15H2,1H3,(H,21,25)/t17-,18+/m1/s1. The molecule has 0 aliphatic carbocycles. The Balaban J connectivity index is 1.48. The maximum atomic E-state index is 13.0. The number of morpholine rings is 1. The molecule has 3 fully saturated rings. The fourth-order valence-corrected chi connectivity index (χ4v) is 6.01. The van der Waals surface area contributed by atoms with Crippen LogP contribution in [0.5, 0.6) is 0 Å². The van der Waals surface area contributed by atoms with E-state index in [4.69, 9.17) is 4.74 Å². The number of hydrogen-bond donors (Lipinski definition) is 1. The molecule has 1 aromatic carbocycles. The highest BCUT2D eigenvalue weighted by molar-refractivity contribution is 7.89. The Hall–Kier alpha value is -1.68. The third kappa shape index (κ3) is 4.28. The lowest BCUT2D eigenvalue weighted by molar-refractivity contribution is 0.0730. The highest BCUT2D eigenvalue weighted by Gasteiger charge is 2.37. The lowest BCUT2D eigenvalue weighted by Crippen LogP contribution is -2.58. The lowest BCUT2D eigenvalue weighted by Gasteiger charge is -2.43. The van der Waals surface area contributed by atoms with Gasteiger partial charge in [0.05, 0.1) is 18.1 Å². The number of nitrogens with one attached hydrogen (secondary N) is 1. The molecule has 3 heterocycles. The Kier molecular flexibility index (Phi) is 6.10. The molecule has 3 saturated heterocycles. The Labute approximate surface area is 172 Å². The van der Waals surface area contributed by atoms with Crippen molar-refractivity contribution in [2.24, 2.45) is 0 Å². The predicted octanol–water partition coefficient (Wildman–Crippen LogP) is 1.80. The molecule has 0 spiro atoms. The summed E-state index contributed by atoms with van der Waals surface area (Å²) < 4.78 is 32.5. The zero-order chi connectivity index (χ0) is 20.4. The summed E-state index contributed by atoms with van der Waals surface area (Å²) in [5.74, 6) is 0. The average Bonchev–Trinajstić information content (AvgIpc) is 3.21. The van der Waals surface area contributed by atoms with Gasteiger partial charge in [0.25, 0.3) is 0 Å². The molecular weight excluding hydrogens is 392 g/mol. The molecule has 0 radical (unpaired) electrons. The van der Waals surface area contributed by atoms with E-state index in [0.29, 0.717) is 38.0 Å². The Morgan fingerprint density at radius 3 is 2.76 bits per heavy atom. The van der Waals surface area contributed by atoms with E-state index in [0.717, 1.165) is 32.5 Å². The Morgan fingerprint density at radius 2 is 2.00 bits per heavy atom. The molecule has 9 heteroatoms. The molecule has 0 aromatic heterocycles. The van der Waals surface area contributed by atoms with Gasteiger partial charge in [-0.3, -0.25) is 4.90 Å². The Bertz CT molecular complexity index is 841. The van der Waals surface area contributed by atoms with E-state index in [1.165, 1.54) is 10.7 Å². The molecular formula is C20H30N4O4S. The van der Waals surface area contributed by atoms with Gasteiger partial charge in [-0.1, -0.05) is 13.0 Å². The molecule has 1 N–H and O–H groups in total. The van der Waals surface area contributed by atoms with Crippen LogP contribution >= 0.6 is 0 Å². The number of benzene rings is 1. The minimum atomic E-state index is -3.59. The van der Waals surface area contributed by atoms with Crippen molar-refractivity contribution in [3.8, 4) is 0 Å². The van der Waals surface area contributed by atoms with Crippen LogP contribution in [-0.4, -0.2) is 86.6 Å². The van der Waals surface area contributed by atoms with Crippen LogP contribution in [0, 0.1) is 0 Å². The van der Waals surface area contributed by atoms with Crippen molar-refractivity contribution in [3.05, 3.63) is 24.3 Å². The summed E-state index contributed by atoms with van der Waals surface area (Å²) in [6, 6.07) is 7.02. The minimum Gasteiger partial charge on any atom is -0.379 e. The second-order valence-electron chi connectivity index (χ2n) is 7.98. The van der Waals surface area contributed by atoms with E-state index >= 15 is 0 Å². The zero-order valence-corrected chi connectivity index (χ0v) is 17.7. The number of rotatable bonds is 4. The molecule has 3 aliphatic heterocycles. The number of hydrogen-bond acceptors (Lipinski definition) is 5. The van der Waals surface area contributed by atoms with Crippen LogP contribution < -0.4 is 5.32 Å². The summed E-state index contributed by atoms with van der Waals surface area (Å²) >= 11 is 0. The van der Waals surface area contributed by atoms with E-state index in [-0.39, 0.29) is 17.0 Å². The van der Waals surface area contributed by atoms with E-state index in [1.807, 2.05) is 4.90 Å². The van der Waals surface area contributed by atoms with Gasteiger partial charge in [-0.25, -0.2) is 13.2 Å². The molecule has 4 rings (SSSR count). The first-order chi connectivity index (χ1) is 14.0. The number of anilines is 1. The first-order valence-corrected chi connectivity index (χ1v) is 11.9. The van der Waals surface area contributed by atoms with Gasteiger partial charge in [0.1, 0.15) is 0 Å². The molecule has 0 unspecified atom stereocenters. The summed E-state index contributed by atoms with van der Waals surface area (Å²) in [4.78, 5) is 17.6. The maximum absolute atomic E-state index is 13.0. The van der Waals surface area contributed by atoms with Crippen LogP contribution in [0.1, 0.15) is 26.2 Å². The van der Waals surface area contributed by atoms with Gasteiger partial charge in [0.2, 0.25) is 10.0 Å². The fourth-order valence-electron chi connectivity index (χ4n) is 4.55. The molecule has 2 amide bonds. The summed E-state index contributed by atoms with van der Waals surface area (Å²) in [6.07, 6.45) is 3.23. The van der Waals surface area contributed by atoms with E-state index in [1.54, 1.807) is 24.3 Å². The smallest absolute Gasteiger partial charge is 0.322 e. The number of fused-ring (bicyclic) bond motifs is 1. The molecule has 29 heavy (non-hydrogen) atoms. The fraction of sp³-hybridized carbons (Fsp3) is 0.650. The number of piperazine rings is 1. The van der Waals surface area contributed by atoms with Gasteiger partial charge >= 0.3 is 6.03 Å². The normalized spacial score (nSPS) is 26.3. The van der Waals surface area contributed by atoms with Crippen molar-refractivity contribution in [2.75, 3.05) is 51.3 Å². The van der Waals surface area contributed by atoms with Gasteiger partial charge in [-0.05, 0) is 44.0 Å². The average molecular weight is 423 g/mol. The molecule has 0 bridgehead atoms. The topological polar surface area (TPSA) is 82.2 Å². The van der Waals surface area contributed by atoms with Crippen LogP contribution in [0.25, 0.3) is 0 Å². The number of ether oxygens (including phenoxy) is 1. The monoisotopic (exact) mass is 422 g/mol. The quantitative estimate of drug-likeness (QED) is 0.800. The van der Waals surface area contributed by atoms with Crippen LogP contribution in [0.3, 0.4) is 0 Å². The van der Waals surface area contributed by atoms with Crippen molar-refractivity contribution in [1.29, 1.82) is 0 Å².